The fourth-order valence-electron chi connectivity index (χ4n) is 2.04. The molecule has 0 rings (SSSR count). The minimum absolute atomic E-state index is 0.565. The summed E-state index contributed by atoms with van der Waals surface area (Å²) in [5.74, 6) is 2.19. The number of allylic oxidation sites excluding steroid dienone is 2. The van der Waals surface area contributed by atoms with Gasteiger partial charge in [0.15, 0.2) is 0 Å². The van der Waals surface area contributed by atoms with Gasteiger partial charge in [0.05, 0.1) is 0 Å². The molecule has 18 heavy (non-hydrogen) atoms. The number of nitrogens with one attached hydrogen (secondary N) is 1. The molecule has 2 atom stereocenters. The van der Waals surface area contributed by atoms with Crippen molar-refractivity contribution in [1.29, 1.82) is 0 Å². The fraction of sp³-hybridized carbons (Fsp3) is 0.882. The highest BCUT2D eigenvalue weighted by Crippen LogP contribution is 2.19. The van der Waals surface area contributed by atoms with Crippen LogP contribution >= 0.6 is 0 Å². The van der Waals surface area contributed by atoms with Gasteiger partial charge >= 0.3 is 0 Å². The van der Waals surface area contributed by atoms with Crippen LogP contribution in [-0.2, 0) is 0 Å². The van der Waals surface area contributed by atoms with Crippen molar-refractivity contribution < 1.29 is 0 Å². The first-order chi connectivity index (χ1) is 8.38. The highest BCUT2D eigenvalue weighted by atomic mass is 14.9. The second-order valence-corrected chi connectivity index (χ2v) is 6.47. The summed E-state index contributed by atoms with van der Waals surface area (Å²) in [5.41, 5.74) is 1.46. The zero-order chi connectivity index (χ0) is 14.1. The van der Waals surface area contributed by atoms with E-state index in [0.29, 0.717) is 17.9 Å². The summed E-state index contributed by atoms with van der Waals surface area (Å²) in [6.45, 7) is 16.1. The van der Waals surface area contributed by atoms with Crippen molar-refractivity contribution >= 4 is 0 Å². The van der Waals surface area contributed by atoms with E-state index in [-0.39, 0.29) is 0 Å². The van der Waals surface area contributed by atoms with Crippen molar-refractivity contribution in [2.75, 3.05) is 0 Å². The lowest BCUT2D eigenvalue weighted by Gasteiger charge is -2.25. The van der Waals surface area contributed by atoms with Gasteiger partial charge in [0.25, 0.3) is 0 Å². The van der Waals surface area contributed by atoms with Crippen LogP contribution in [0.5, 0.6) is 0 Å². The average Bonchev–Trinajstić information content (AvgIpc) is 2.27. The predicted molar refractivity (Wildman–Crippen MR) is 83.7 cm³/mol. The maximum absolute atomic E-state index is 3.72. The third-order valence-corrected chi connectivity index (χ3v) is 3.77. The molecule has 0 aromatic rings. The van der Waals surface area contributed by atoms with Gasteiger partial charge in [0, 0.05) is 11.7 Å². The largest absolute Gasteiger partial charge is 0.386 e. The highest BCUT2D eigenvalue weighted by Gasteiger charge is 2.13. The van der Waals surface area contributed by atoms with Gasteiger partial charge < -0.3 is 5.32 Å². The molecule has 0 bridgehead atoms. The first kappa shape index (κ1) is 17.5. The molecule has 0 amide bonds. The lowest BCUT2D eigenvalue weighted by atomic mass is 9.95. The molecule has 0 aliphatic heterocycles. The van der Waals surface area contributed by atoms with E-state index in [1.165, 1.54) is 25.0 Å². The molecule has 1 heteroatoms. The van der Waals surface area contributed by atoms with Gasteiger partial charge in [-0.15, -0.1) is 0 Å². The fourth-order valence-corrected chi connectivity index (χ4v) is 2.04. The Morgan fingerprint density at radius 2 is 1.61 bits per heavy atom. The average molecular weight is 253 g/mol. The van der Waals surface area contributed by atoms with Crippen molar-refractivity contribution in [1.82, 2.24) is 5.32 Å². The molecular weight excluding hydrogens is 218 g/mol. The molecule has 0 heterocycles. The molecule has 0 saturated carbocycles. The van der Waals surface area contributed by atoms with Crippen molar-refractivity contribution in [2.24, 2.45) is 17.8 Å². The molecule has 0 aliphatic rings. The van der Waals surface area contributed by atoms with Gasteiger partial charge in [-0.2, -0.15) is 0 Å². The molecule has 0 spiro atoms. The Morgan fingerprint density at radius 3 is 2.06 bits per heavy atom. The topological polar surface area (TPSA) is 12.0 Å². The molecule has 0 aromatic carbocycles. The molecule has 2 unspecified atom stereocenters. The van der Waals surface area contributed by atoms with Crippen LogP contribution in [0, 0.1) is 17.8 Å². The van der Waals surface area contributed by atoms with Gasteiger partial charge in [-0.25, -0.2) is 0 Å². The zero-order valence-corrected chi connectivity index (χ0v) is 13.7. The van der Waals surface area contributed by atoms with Crippen LogP contribution < -0.4 is 5.32 Å². The highest BCUT2D eigenvalue weighted by molar-refractivity contribution is 5.04. The number of rotatable bonds is 9. The van der Waals surface area contributed by atoms with Crippen LogP contribution in [0.15, 0.2) is 11.8 Å². The van der Waals surface area contributed by atoms with Crippen LogP contribution in [0.1, 0.15) is 74.1 Å². The van der Waals surface area contributed by atoms with E-state index in [2.05, 4.69) is 59.9 Å². The third-order valence-electron chi connectivity index (χ3n) is 3.77. The van der Waals surface area contributed by atoms with E-state index in [1.54, 1.807) is 0 Å². The van der Waals surface area contributed by atoms with Crippen LogP contribution in [0.4, 0.5) is 0 Å². The van der Waals surface area contributed by atoms with E-state index in [1.807, 2.05) is 0 Å². The van der Waals surface area contributed by atoms with Gasteiger partial charge in [-0.3, -0.25) is 0 Å². The molecule has 108 valence electrons. The number of hydrogen-bond acceptors (Lipinski definition) is 1. The molecule has 1 nitrogen and oxygen atoms in total. The van der Waals surface area contributed by atoms with Gasteiger partial charge in [0.2, 0.25) is 0 Å². The zero-order valence-electron chi connectivity index (χ0n) is 13.7. The molecule has 0 fully saturated rings. The standard InChI is InChI=1S/C17H35N/c1-8-10-17(18-16(7)14(4)5)15(6)12-9-11-13(2)3/h10,13-16,18H,8-9,11-12H2,1-7H3/b17-10+. The normalized spacial score (nSPS) is 16.2. The second kappa shape index (κ2) is 9.47. The Labute approximate surface area is 115 Å². The molecule has 0 aliphatic carbocycles. The summed E-state index contributed by atoms with van der Waals surface area (Å²) < 4.78 is 0. The molecule has 0 radical (unpaired) electrons. The van der Waals surface area contributed by atoms with Crippen LogP contribution in [0.2, 0.25) is 0 Å². The van der Waals surface area contributed by atoms with Crippen LogP contribution in [0.25, 0.3) is 0 Å². The molecular formula is C17H35N. The Bertz CT molecular complexity index is 228. The van der Waals surface area contributed by atoms with Gasteiger partial charge in [-0.05, 0) is 37.5 Å². The van der Waals surface area contributed by atoms with E-state index < -0.39 is 0 Å². The van der Waals surface area contributed by atoms with E-state index in [4.69, 9.17) is 0 Å². The van der Waals surface area contributed by atoms with Crippen LogP contribution in [0.3, 0.4) is 0 Å². The summed E-state index contributed by atoms with van der Waals surface area (Å²) in [6, 6.07) is 0.565. The smallest absolute Gasteiger partial charge is 0.0252 e. The Kier molecular flexibility index (Phi) is 9.23. The molecule has 1 N–H and O–H groups in total. The Hall–Kier alpha value is -0.460. The first-order valence-electron chi connectivity index (χ1n) is 7.85. The monoisotopic (exact) mass is 253 g/mol. The SMILES string of the molecule is CC/C=C(/NC(C)C(C)C)C(C)CCCC(C)C. The Morgan fingerprint density at radius 1 is 1.00 bits per heavy atom. The minimum Gasteiger partial charge on any atom is -0.386 e. The second-order valence-electron chi connectivity index (χ2n) is 6.47. The van der Waals surface area contributed by atoms with Crippen molar-refractivity contribution in [3.05, 3.63) is 11.8 Å². The summed E-state index contributed by atoms with van der Waals surface area (Å²) in [7, 11) is 0. The maximum Gasteiger partial charge on any atom is 0.0252 e. The lowest BCUT2D eigenvalue weighted by Crippen LogP contribution is -2.32. The van der Waals surface area contributed by atoms with E-state index >= 15 is 0 Å². The van der Waals surface area contributed by atoms with Crippen LogP contribution in [-0.4, -0.2) is 6.04 Å². The van der Waals surface area contributed by atoms with Crippen molar-refractivity contribution in [3.8, 4) is 0 Å². The van der Waals surface area contributed by atoms with Crippen molar-refractivity contribution in [3.63, 3.8) is 0 Å². The van der Waals surface area contributed by atoms with Gasteiger partial charge in [-0.1, -0.05) is 60.5 Å². The molecule has 0 aromatic heterocycles. The van der Waals surface area contributed by atoms with E-state index in [0.717, 1.165) is 12.3 Å². The minimum atomic E-state index is 0.565. The Balaban J connectivity index is 4.28. The summed E-state index contributed by atoms with van der Waals surface area (Å²) in [4.78, 5) is 0. The van der Waals surface area contributed by atoms with Crippen molar-refractivity contribution in [2.45, 2.75) is 80.2 Å². The summed E-state index contributed by atoms with van der Waals surface area (Å²) >= 11 is 0. The first-order valence-corrected chi connectivity index (χ1v) is 7.85. The predicted octanol–water partition coefficient (Wildman–Crippen LogP) is 5.38. The third kappa shape index (κ3) is 7.79. The lowest BCUT2D eigenvalue weighted by molar-refractivity contribution is 0.416. The summed E-state index contributed by atoms with van der Waals surface area (Å²) in [5, 5.41) is 3.72. The summed E-state index contributed by atoms with van der Waals surface area (Å²) in [6.07, 6.45) is 7.50. The maximum atomic E-state index is 3.72. The molecule has 0 saturated heterocycles. The quantitative estimate of drug-likeness (QED) is 0.582. The number of hydrogen-bond donors (Lipinski definition) is 1. The van der Waals surface area contributed by atoms with E-state index in [9.17, 15) is 0 Å². The van der Waals surface area contributed by atoms with Gasteiger partial charge in [0.1, 0.15) is 0 Å².